The first-order chi connectivity index (χ1) is 34.0. The van der Waals surface area contributed by atoms with Crippen LogP contribution in [0, 0.1) is 0 Å². The van der Waals surface area contributed by atoms with E-state index < -0.39 is 32.5 Å². The molecular weight excluding hydrogens is 894 g/mol. The fraction of sp³-hybridized carbons (Fsp3) is 0.700. The Balaban J connectivity index is 4.09. The van der Waals surface area contributed by atoms with Gasteiger partial charge in [0.15, 0.2) is 6.10 Å². The first kappa shape index (κ1) is 66.9. The summed E-state index contributed by atoms with van der Waals surface area (Å²) in [7, 11) is 1.15. The topological polar surface area (TPSA) is 111 Å². The van der Waals surface area contributed by atoms with Crippen molar-refractivity contribution in [1.82, 2.24) is 0 Å². The molecular formula is C60H104NO8P. The van der Waals surface area contributed by atoms with Crippen molar-refractivity contribution in [1.29, 1.82) is 0 Å². The van der Waals surface area contributed by atoms with Gasteiger partial charge < -0.3 is 27.9 Å². The quantitative estimate of drug-likeness (QED) is 0.0195. The average molecular weight is 998 g/mol. The van der Waals surface area contributed by atoms with Gasteiger partial charge in [-0.2, -0.15) is 0 Å². The van der Waals surface area contributed by atoms with Gasteiger partial charge in [-0.25, -0.2) is 0 Å². The number of nitrogens with zero attached hydrogens (tertiary/aromatic N) is 1. The largest absolute Gasteiger partial charge is 0.756 e. The zero-order valence-corrected chi connectivity index (χ0v) is 46.3. The molecule has 0 radical (unpaired) electrons. The number of phosphoric ester groups is 1. The molecule has 9 nitrogen and oxygen atoms in total. The first-order valence-corrected chi connectivity index (χ1v) is 29.4. The molecule has 10 heteroatoms. The third kappa shape index (κ3) is 54.3. The van der Waals surface area contributed by atoms with Crippen LogP contribution in [-0.2, 0) is 32.7 Å². The molecule has 0 aromatic carbocycles. The van der Waals surface area contributed by atoms with E-state index in [1.807, 2.05) is 21.1 Å². The second kappa shape index (κ2) is 50.9. The number of phosphoric acid groups is 1. The highest BCUT2D eigenvalue weighted by Crippen LogP contribution is 2.38. The van der Waals surface area contributed by atoms with Gasteiger partial charge in [0, 0.05) is 12.8 Å². The summed E-state index contributed by atoms with van der Waals surface area (Å²) in [5, 5.41) is 0. The van der Waals surface area contributed by atoms with Gasteiger partial charge in [0.05, 0.1) is 27.7 Å². The minimum absolute atomic E-state index is 0.0368. The summed E-state index contributed by atoms with van der Waals surface area (Å²) < 4.78 is 34.0. The number of ether oxygens (including phenoxy) is 2. The number of carbonyl (C=O) groups is 2. The Morgan fingerprint density at radius 2 is 0.814 bits per heavy atom. The molecule has 2 unspecified atom stereocenters. The van der Waals surface area contributed by atoms with Gasteiger partial charge in [0.25, 0.3) is 7.82 Å². The third-order valence-corrected chi connectivity index (χ3v) is 12.5. The summed E-state index contributed by atoms with van der Waals surface area (Å²) in [6, 6.07) is 0. The number of hydrogen-bond acceptors (Lipinski definition) is 8. The Morgan fingerprint density at radius 3 is 1.21 bits per heavy atom. The number of esters is 2. The zero-order chi connectivity index (χ0) is 51.3. The molecule has 0 fully saturated rings. The van der Waals surface area contributed by atoms with Gasteiger partial charge >= 0.3 is 11.9 Å². The summed E-state index contributed by atoms with van der Waals surface area (Å²) in [6.45, 7) is 4.03. The fourth-order valence-corrected chi connectivity index (χ4v) is 8.01. The predicted octanol–water partition coefficient (Wildman–Crippen LogP) is 16.6. The normalized spacial score (nSPS) is 14.1. The number of likely N-dealkylation sites (N-methyl/N-ethyl adjacent to an activating group) is 1. The van der Waals surface area contributed by atoms with Crippen molar-refractivity contribution in [3.63, 3.8) is 0 Å². The van der Waals surface area contributed by atoms with Crippen molar-refractivity contribution in [2.75, 3.05) is 47.5 Å². The maximum Gasteiger partial charge on any atom is 0.306 e. The van der Waals surface area contributed by atoms with Crippen LogP contribution in [0.3, 0.4) is 0 Å². The zero-order valence-electron chi connectivity index (χ0n) is 45.4. The molecule has 0 saturated carbocycles. The van der Waals surface area contributed by atoms with Crippen molar-refractivity contribution in [3.05, 3.63) is 97.2 Å². The van der Waals surface area contributed by atoms with Crippen molar-refractivity contribution in [2.45, 2.75) is 225 Å². The molecule has 2 atom stereocenters. The number of quaternary nitrogens is 1. The van der Waals surface area contributed by atoms with Crippen LogP contribution in [0.4, 0.5) is 0 Å². The van der Waals surface area contributed by atoms with Crippen LogP contribution in [0.25, 0.3) is 0 Å². The van der Waals surface area contributed by atoms with Crippen molar-refractivity contribution in [3.8, 4) is 0 Å². The monoisotopic (exact) mass is 998 g/mol. The highest BCUT2D eigenvalue weighted by molar-refractivity contribution is 7.45. The van der Waals surface area contributed by atoms with E-state index in [0.717, 1.165) is 103 Å². The molecule has 0 heterocycles. The summed E-state index contributed by atoms with van der Waals surface area (Å²) in [6.07, 6.45) is 68.9. The van der Waals surface area contributed by atoms with Gasteiger partial charge in [-0.1, -0.05) is 214 Å². The van der Waals surface area contributed by atoms with Gasteiger partial charge in [-0.3, -0.25) is 14.2 Å². The van der Waals surface area contributed by atoms with Crippen molar-refractivity contribution in [2.24, 2.45) is 0 Å². The number of allylic oxidation sites excluding steroid dienone is 16. The lowest BCUT2D eigenvalue weighted by molar-refractivity contribution is -0.870. The van der Waals surface area contributed by atoms with E-state index >= 15 is 0 Å². The first-order valence-electron chi connectivity index (χ1n) is 27.9. The van der Waals surface area contributed by atoms with Crippen LogP contribution < -0.4 is 4.89 Å². The van der Waals surface area contributed by atoms with Gasteiger partial charge in [0.1, 0.15) is 19.8 Å². The average Bonchev–Trinajstić information content (AvgIpc) is 3.32. The molecule has 0 aliphatic heterocycles. The van der Waals surface area contributed by atoms with E-state index in [9.17, 15) is 19.0 Å². The van der Waals surface area contributed by atoms with Crippen LogP contribution in [0.5, 0.6) is 0 Å². The highest BCUT2D eigenvalue weighted by Gasteiger charge is 2.21. The number of unbranched alkanes of at least 4 members (excludes halogenated alkanes) is 20. The summed E-state index contributed by atoms with van der Waals surface area (Å²) >= 11 is 0. The predicted molar refractivity (Wildman–Crippen MR) is 295 cm³/mol. The molecule has 70 heavy (non-hydrogen) atoms. The number of rotatable bonds is 50. The van der Waals surface area contributed by atoms with Gasteiger partial charge in [-0.15, -0.1) is 0 Å². The Bertz CT molecular complexity index is 1500. The smallest absolute Gasteiger partial charge is 0.306 e. The molecule has 0 aromatic heterocycles. The summed E-state index contributed by atoms with van der Waals surface area (Å²) in [5.41, 5.74) is 0. The molecule has 0 saturated heterocycles. The SMILES string of the molecule is CC/C=C\C/C=C\C/C=C\C/C=C\C/C=C\C/C=C\CCCCCCCCCCCCCCCCC(=O)OC(COC(=O)CCCCCCC/C=C\C/C=C\CCC)COP(=O)([O-])OCC[N+](C)(C)C. The Hall–Kier alpha value is -3.07. The van der Waals surface area contributed by atoms with Crippen LogP contribution in [0.1, 0.15) is 219 Å². The Kier molecular flexibility index (Phi) is 48.6. The fourth-order valence-electron chi connectivity index (χ4n) is 7.28. The molecule has 0 N–H and O–H groups in total. The molecule has 0 rings (SSSR count). The van der Waals surface area contributed by atoms with E-state index in [1.54, 1.807) is 0 Å². The number of carbonyl (C=O) groups excluding carboxylic acids is 2. The van der Waals surface area contributed by atoms with Crippen LogP contribution >= 0.6 is 7.82 Å². The van der Waals surface area contributed by atoms with Crippen LogP contribution in [-0.4, -0.2) is 70.0 Å². The molecule has 0 aliphatic carbocycles. The summed E-state index contributed by atoms with van der Waals surface area (Å²) in [4.78, 5) is 37.7. The van der Waals surface area contributed by atoms with E-state index in [1.165, 1.54) is 77.0 Å². The van der Waals surface area contributed by atoms with Crippen LogP contribution in [0.2, 0.25) is 0 Å². The Morgan fingerprint density at radius 1 is 0.457 bits per heavy atom. The minimum Gasteiger partial charge on any atom is -0.756 e. The van der Waals surface area contributed by atoms with Gasteiger partial charge in [-0.05, 0) is 89.9 Å². The van der Waals surface area contributed by atoms with Crippen LogP contribution in [0.15, 0.2) is 97.2 Å². The maximum atomic E-state index is 12.8. The molecule has 0 spiro atoms. The molecule has 0 bridgehead atoms. The molecule has 402 valence electrons. The second-order valence-corrected chi connectivity index (χ2v) is 21.0. The minimum atomic E-state index is -4.64. The Labute approximate surface area is 430 Å². The van der Waals surface area contributed by atoms with E-state index in [-0.39, 0.29) is 26.1 Å². The van der Waals surface area contributed by atoms with Gasteiger partial charge in [0.2, 0.25) is 0 Å². The highest BCUT2D eigenvalue weighted by atomic mass is 31.2. The lowest BCUT2D eigenvalue weighted by Gasteiger charge is -2.28. The van der Waals surface area contributed by atoms with E-state index in [0.29, 0.717) is 23.9 Å². The van der Waals surface area contributed by atoms with Crippen molar-refractivity contribution < 1.29 is 42.1 Å². The van der Waals surface area contributed by atoms with Crippen molar-refractivity contribution >= 4 is 19.8 Å². The lowest BCUT2D eigenvalue weighted by atomic mass is 10.0. The third-order valence-electron chi connectivity index (χ3n) is 11.6. The van der Waals surface area contributed by atoms with E-state index in [4.69, 9.17) is 18.5 Å². The molecule has 0 amide bonds. The number of hydrogen-bond donors (Lipinski definition) is 0. The second-order valence-electron chi connectivity index (χ2n) is 19.6. The maximum absolute atomic E-state index is 12.8. The summed E-state index contributed by atoms with van der Waals surface area (Å²) in [5.74, 6) is -0.854. The molecule has 0 aliphatic rings. The lowest BCUT2D eigenvalue weighted by Crippen LogP contribution is -2.37. The molecule has 0 aromatic rings. The standard InChI is InChI=1S/C60H104NO8P/c1-6-8-10-12-14-16-18-20-21-22-23-24-25-26-27-28-29-30-31-32-33-34-35-36-37-38-39-41-43-45-47-49-51-53-60(63)69-58(57-68-70(64,65)67-55-54-61(3,4)5)56-66-59(62)52-50-48-46-44-42-40-19-17-15-13-11-9-7-2/h8,10-11,13-14,16-17,19-21,23-24,26-27,29-30,58H,6-7,9,12,15,18,22,25,28,31-57H2,1-5H3/b10-8-,13-11-,16-14-,19-17-,21-20-,24-23-,27-26-,30-29-. The van der Waals surface area contributed by atoms with E-state index in [2.05, 4.69) is 111 Å².